The van der Waals surface area contributed by atoms with Gasteiger partial charge in [0, 0.05) is 13.1 Å². The molecule has 3 aromatic rings. The number of piperidine rings is 1. The van der Waals surface area contributed by atoms with Gasteiger partial charge in [0.15, 0.2) is 5.82 Å². The van der Waals surface area contributed by atoms with Gasteiger partial charge in [-0.2, -0.15) is 4.98 Å². The average molecular weight is 363 g/mol. The van der Waals surface area contributed by atoms with Crippen LogP contribution in [0.15, 0.2) is 59.1 Å². The van der Waals surface area contributed by atoms with Crippen LogP contribution in [0.3, 0.4) is 0 Å². The van der Waals surface area contributed by atoms with Gasteiger partial charge in [0.05, 0.1) is 11.5 Å². The first-order chi connectivity index (χ1) is 13.2. The molecule has 1 atom stereocenters. The monoisotopic (exact) mass is 363 g/mol. The van der Waals surface area contributed by atoms with Crippen LogP contribution >= 0.6 is 0 Å². The number of nitrogens with zero attached hydrogens (tertiary/aromatic N) is 3. The van der Waals surface area contributed by atoms with E-state index >= 15 is 0 Å². The number of likely N-dealkylation sites (tertiary alicyclic amines) is 1. The summed E-state index contributed by atoms with van der Waals surface area (Å²) >= 11 is 0. The highest BCUT2D eigenvalue weighted by atomic mass is 16.5. The van der Waals surface area contributed by atoms with Crippen molar-refractivity contribution in [2.75, 3.05) is 13.1 Å². The normalized spacial score (nSPS) is 16.9. The molecule has 0 radical (unpaired) electrons. The smallest absolute Gasteiger partial charge is 0.257 e. The van der Waals surface area contributed by atoms with Crippen molar-refractivity contribution in [3.63, 3.8) is 0 Å². The number of aryl methyl sites for hydroxylation is 1. The molecule has 1 saturated heterocycles. The maximum Gasteiger partial charge on any atom is 0.257 e. The Kier molecular flexibility index (Phi) is 4.87. The van der Waals surface area contributed by atoms with Gasteiger partial charge >= 0.3 is 0 Å². The third kappa shape index (κ3) is 3.84. The molecule has 0 N–H and O–H groups in total. The van der Waals surface area contributed by atoms with E-state index in [1.165, 1.54) is 0 Å². The number of amides is 1. The minimum atomic E-state index is -0.0394. The standard InChI is InChI=1S/C21H21N3O3/c1-15-22-20(27-23-15)16-8-7-13-24(14-16)21(25)18-11-5-6-12-19(18)26-17-9-3-2-4-10-17/h2-6,9-12,16H,7-8,13-14H2,1H3/t16-/m0/s1. The third-order valence-electron chi connectivity index (χ3n) is 4.69. The molecule has 1 aliphatic rings. The summed E-state index contributed by atoms with van der Waals surface area (Å²) in [6.45, 7) is 3.08. The zero-order valence-corrected chi connectivity index (χ0v) is 15.2. The van der Waals surface area contributed by atoms with Gasteiger partial charge in [0.25, 0.3) is 5.91 Å². The van der Waals surface area contributed by atoms with E-state index in [0.717, 1.165) is 12.8 Å². The van der Waals surface area contributed by atoms with Crippen LogP contribution < -0.4 is 4.74 Å². The van der Waals surface area contributed by atoms with Gasteiger partial charge in [-0.1, -0.05) is 35.5 Å². The lowest BCUT2D eigenvalue weighted by Gasteiger charge is -2.31. The zero-order valence-electron chi connectivity index (χ0n) is 15.2. The van der Waals surface area contributed by atoms with Gasteiger partial charge in [-0.25, -0.2) is 0 Å². The number of carbonyl (C=O) groups is 1. The minimum absolute atomic E-state index is 0.0394. The van der Waals surface area contributed by atoms with Crippen molar-refractivity contribution in [3.8, 4) is 11.5 Å². The van der Waals surface area contributed by atoms with E-state index in [-0.39, 0.29) is 11.8 Å². The summed E-state index contributed by atoms with van der Waals surface area (Å²) in [5.74, 6) is 2.53. The van der Waals surface area contributed by atoms with E-state index in [4.69, 9.17) is 9.26 Å². The maximum absolute atomic E-state index is 13.2. The molecular formula is C21H21N3O3. The molecule has 27 heavy (non-hydrogen) atoms. The van der Waals surface area contributed by atoms with E-state index in [0.29, 0.717) is 41.9 Å². The highest BCUT2D eigenvalue weighted by molar-refractivity contribution is 5.97. The van der Waals surface area contributed by atoms with Gasteiger partial charge in [-0.3, -0.25) is 4.79 Å². The summed E-state index contributed by atoms with van der Waals surface area (Å²) in [7, 11) is 0. The van der Waals surface area contributed by atoms with Crippen molar-refractivity contribution in [1.29, 1.82) is 0 Å². The van der Waals surface area contributed by atoms with Crippen LogP contribution in [0.2, 0.25) is 0 Å². The number of para-hydroxylation sites is 2. The van der Waals surface area contributed by atoms with Crippen LogP contribution in [0, 0.1) is 6.92 Å². The van der Waals surface area contributed by atoms with Crippen molar-refractivity contribution in [2.24, 2.45) is 0 Å². The van der Waals surface area contributed by atoms with E-state index in [9.17, 15) is 4.79 Å². The van der Waals surface area contributed by atoms with Crippen LogP contribution in [0.5, 0.6) is 11.5 Å². The molecule has 0 spiro atoms. The first-order valence-electron chi connectivity index (χ1n) is 9.12. The van der Waals surface area contributed by atoms with Crippen molar-refractivity contribution in [1.82, 2.24) is 15.0 Å². The lowest BCUT2D eigenvalue weighted by Crippen LogP contribution is -2.39. The largest absolute Gasteiger partial charge is 0.457 e. The molecule has 0 saturated carbocycles. The molecule has 0 bridgehead atoms. The number of ether oxygens (including phenoxy) is 1. The first kappa shape index (κ1) is 17.3. The van der Waals surface area contributed by atoms with Crippen LogP contribution in [0.25, 0.3) is 0 Å². The first-order valence-corrected chi connectivity index (χ1v) is 9.12. The average Bonchev–Trinajstić information content (AvgIpc) is 3.15. The van der Waals surface area contributed by atoms with Gasteiger partial charge in [-0.15, -0.1) is 0 Å². The molecule has 2 heterocycles. The van der Waals surface area contributed by atoms with Crippen LogP contribution in [0.1, 0.15) is 40.8 Å². The molecule has 1 aliphatic heterocycles. The van der Waals surface area contributed by atoms with Gasteiger partial charge in [0.2, 0.25) is 5.89 Å². The molecule has 4 rings (SSSR count). The Balaban J connectivity index is 1.54. The SMILES string of the molecule is Cc1noc([C@H]2CCCN(C(=O)c3ccccc3Oc3ccccc3)C2)n1. The Morgan fingerprint density at radius 2 is 1.93 bits per heavy atom. The zero-order chi connectivity index (χ0) is 18.6. The molecule has 0 unspecified atom stereocenters. The Morgan fingerprint density at radius 1 is 1.15 bits per heavy atom. The highest BCUT2D eigenvalue weighted by Gasteiger charge is 2.30. The Bertz CT molecular complexity index is 923. The summed E-state index contributed by atoms with van der Waals surface area (Å²) in [5.41, 5.74) is 0.559. The van der Waals surface area contributed by atoms with Crippen molar-refractivity contribution in [3.05, 3.63) is 71.9 Å². The number of rotatable bonds is 4. The van der Waals surface area contributed by atoms with Crippen molar-refractivity contribution < 1.29 is 14.1 Å². The fourth-order valence-corrected chi connectivity index (χ4v) is 3.36. The molecule has 6 nitrogen and oxygen atoms in total. The van der Waals surface area contributed by atoms with E-state index in [1.54, 1.807) is 13.0 Å². The topological polar surface area (TPSA) is 68.5 Å². The number of carbonyl (C=O) groups excluding carboxylic acids is 1. The second-order valence-corrected chi connectivity index (χ2v) is 6.68. The molecule has 138 valence electrons. The van der Waals surface area contributed by atoms with Gasteiger partial charge in [-0.05, 0) is 44.0 Å². The van der Waals surface area contributed by atoms with E-state index in [1.807, 2.05) is 53.4 Å². The van der Waals surface area contributed by atoms with Crippen molar-refractivity contribution >= 4 is 5.91 Å². The lowest BCUT2D eigenvalue weighted by atomic mass is 9.97. The molecule has 1 aromatic heterocycles. The summed E-state index contributed by atoms with van der Waals surface area (Å²) in [6, 6.07) is 16.8. The fraction of sp³-hybridized carbons (Fsp3) is 0.286. The highest BCUT2D eigenvalue weighted by Crippen LogP contribution is 2.30. The van der Waals surface area contributed by atoms with E-state index in [2.05, 4.69) is 10.1 Å². The summed E-state index contributed by atoms with van der Waals surface area (Å²) in [4.78, 5) is 19.4. The molecule has 1 amide bonds. The van der Waals surface area contributed by atoms with E-state index < -0.39 is 0 Å². The third-order valence-corrected chi connectivity index (χ3v) is 4.69. The Labute approximate surface area is 157 Å². The number of aromatic nitrogens is 2. The summed E-state index contributed by atoms with van der Waals surface area (Å²) in [6.07, 6.45) is 1.84. The predicted molar refractivity (Wildman–Crippen MR) is 99.9 cm³/mol. The molecule has 6 heteroatoms. The van der Waals surface area contributed by atoms with Crippen LogP contribution in [-0.4, -0.2) is 34.0 Å². The van der Waals surface area contributed by atoms with Crippen LogP contribution in [-0.2, 0) is 0 Å². The number of hydrogen-bond acceptors (Lipinski definition) is 5. The molecule has 2 aromatic carbocycles. The van der Waals surface area contributed by atoms with Crippen LogP contribution in [0.4, 0.5) is 0 Å². The molecule has 0 aliphatic carbocycles. The second kappa shape index (κ2) is 7.61. The molecule has 1 fully saturated rings. The number of hydrogen-bond donors (Lipinski definition) is 0. The maximum atomic E-state index is 13.2. The fourth-order valence-electron chi connectivity index (χ4n) is 3.36. The molecular weight excluding hydrogens is 342 g/mol. The summed E-state index contributed by atoms with van der Waals surface area (Å²) < 4.78 is 11.3. The lowest BCUT2D eigenvalue weighted by molar-refractivity contribution is 0.0693. The number of benzene rings is 2. The van der Waals surface area contributed by atoms with Gasteiger partial charge < -0.3 is 14.2 Å². The Morgan fingerprint density at radius 3 is 2.70 bits per heavy atom. The quantitative estimate of drug-likeness (QED) is 0.695. The Hall–Kier alpha value is -3.15. The van der Waals surface area contributed by atoms with Gasteiger partial charge in [0.1, 0.15) is 11.5 Å². The second-order valence-electron chi connectivity index (χ2n) is 6.68. The van der Waals surface area contributed by atoms with Crippen molar-refractivity contribution in [2.45, 2.75) is 25.7 Å². The minimum Gasteiger partial charge on any atom is -0.457 e. The predicted octanol–water partition coefficient (Wildman–Crippen LogP) is 4.19. The summed E-state index contributed by atoms with van der Waals surface area (Å²) in [5, 5.41) is 3.87.